The number of likely N-dealkylation sites (N-methyl/N-ethyl adjacent to an activating group) is 1. The van der Waals surface area contributed by atoms with Crippen molar-refractivity contribution in [2.24, 2.45) is 0 Å². The first-order chi connectivity index (χ1) is 21.3. The SMILES string of the molecule is CCCCCCCCCCCCCCCC(=O)CCCCCCCC/C=C\CCCCCCCC(=O)POCC[N+](C)(C)C. The lowest BCUT2D eigenvalue weighted by atomic mass is 10.0. The van der Waals surface area contributed by atoms with Gasteiger partial charge in [0.1, 0.15) is 18.9 Å². The van der Waals surface area contributed by atoms with E-state index in [9.17, 15) is 9.59 Å². The molecule has 0 aliphatic heterocycles. The lowest BCUT2D eigenvalue weighted by Crippen LogP contribution is -2.37. The summed E-state index contributed by atoms with van der Waals surface area (Å²) in [5.41, 5.74) is 0.278. The number of unbranched alkanes of at least 4 members (excludes halogenated alkanes) is 23. The summed E-state index contributed by atoms with van der Waals surface area (Å²) in [7, 11) is 6.45. The summed E-state index contributed by atoms with van der Waals surface area (Å²) in [6.45, 7) is 3.90. The Morgan fingerprint density at radius 1 is 0.523 bits per heavy atom. The van der Waals surface area contributed by atoms with Gasteiger partial charge in [-0.15, -0.1) is 0 Å². The molecule has 1 atom stereocenters. The number of hydrogen-bond acceptors (Lipinski definition) is 3. The van der Waals surface area contributed by atoms with Gasteiger partial charge in [-0.1, -0.05) is 141 Å². The van der Waals surface area contributed by atoms with Crippen LogP contribution in [0.15, 0.2) is 12.2 Å². The normalized spacial score (nSPS) is 12.3. The van der Waals surface area contributed by atoms with Crippen LogP contribution in [0.3, 0.4) is 0 Å². The van der Waals surface area contributed by atoms with Gasteiger partial charge in [0.2, 0.25) is 0 Å². The van der Waals surface area contributed by atoms with Crippen molar-refractivity contribution in [3.8, 4) is 0 Å². The predicted molar refractivity (Wildman–Crippen MR) is 196 cm³/mol. The average Bonchev–Trinajstić information content (AvgIpc) is 2.98. The van der Waals surface area contributed by atoms with Crippen LogP contribution in [0.5, 0.6) is 0 Å². The van der Waals surface area contributed by atoms with Crippen LogP contribution in [0.4, 0.5) is 0 Å². The molecule has 0 heterocycles. The number of rotatable bonds is 36. The minimum absolute atomic E-state index is 0.0301. The number of Topliss-reactive ketones (excluding diaryl/α,β-unsaturated/α-hetero) is 1. The topological polar surface area (TPSA) is 43.4 Å². The van der Waals surface area contributed by atoms with Gasteiger partial charge in [0.05, 0.1) is 30.0 Å². The smallest absolute Gasteiger partial charge is 0.178 e. The Morgan fingerprint density at radius 3 is 1.30 bits per heavy atom. The fourth-order valence-corrected chi connectivity index (χ4v) is 6.21. The maximum absolute atomic E-state index is 12.2. The van der Waals surface area contributed by atoms with E-state index in [1.54, 1.807) is 0 Å². The molecule has 0 amide bonds. The fraction of sp³-hybridized carbons (Fsp3) is 0.897. The highest BCUT2D eigenvalue weighted by atomic mass is 31.1. The molecule has 0 aliphatic rings. The molecule has 0 radical (unpaired) electrons. The first kappa shape index (κ1) is 43.4. The van der Waals surface area contributed by atoms with Crippen molar-refractivity contribution in [1.82, 2.24) is 0 Å². The first-order valence-electron chi connectivity index (χ1n) is 19.2. The van der Waals surface area contributed by atoms with E-state index in [-0.39, 0.29) is 14.3 Å². The summed E-state index contributed by atoms with van der Waals surface area (Å²) < 4.78 is 6.41. The number of allylic oxidation sites excluding steroid dienone is 2. The van der Waals surface area contributed by atoms with E-state index in [0.29, 0.717) is 18.8 Å². The van der Waals surface area contributed by atoms with Gasteiger partial charge < -0.3 is 9.01 Å². The van der Waals surface area contributed by atoms with Crippen molar-refractivity contribution in [2.75, 3.05) is 34.3 Å². The molecule has 0 aromatic rings. The molecule has 0 saturated carbocycles. The Kier molecular flexibility index (Phi) is 33.3. The Balaban J connectivity index is 3.28. The minimum atomic E-state index is 0.0301. The molecule has 0 aliphatic carbocycles. The monoisotopic (exact) mass is 639 g/mol. The maximum atomic E-state index is 12.2. The molecule has 0 rings (SSSR count). The van der Waals surface area contributed by atoms with Gasteiger partial charge >= 0.3 is 0 Å². The third-order valence-corrected chi connectivity index (χ3v) is 9.45. The van der Waals surface area contributed by atoms with Gasteiger partial charge in [0.15, 0.2) is 5.52 Å². The van der Waals surface area contributed by atoms with Crippen LogP contribution < -0.4 is 0 Å². The molecule has 44 heavy (non-hydrogen) atoms. The molecule has 0 spiro atoms. The van der Waals surface area contributed by atoms with Crippen molar-refractivity contribution in [2.45, 2.75) is 193 Å². The highest BCUT2D eigenvalue weighted by Gasteiger charge is 2.08. The van der Waals surface area contributed by atoms with E-state index in [1.807, 2.05) is 0 Å². The number of hydrogen-bond donors (Lipinski definition) is 0. The molecule has 4 nitrogen and oxygen atoms in total. The lowest BCUT2D eigenvalue weighted by molar-refractivity contribution is -0.870. The van der Waals surface area contributed by atoms with Gasteiger partial charge in [-0.05, 0) is 44.9 Å². The fourth-order valence-electron chi connectivity index (χ4n) is 5.57. The largest absolute Gasteiger partial charge is 0.349 e. The highest BCUT2D eigenvalue weighted by molar-refractivity contribution is 7.53. The van der Waals surface area contributed by atoms with E-state index in [1.165, 1.54) is 141 Å². The Morgan fingerprint density at radius 2 is 0.886 bits per heavy atom. The number of quaternary nitrogens is 1. The summed E-state index contributed by atoms with van der Waals surface area (Å²) in [5.74, 6) is 0.501. The predicted octanol–water partition coefficient (Wildman–Crippen LogP) is 12.3. The van der Waals surface area contributed by atoms with Crippen LogP contribution in [-0.2, 0) is 14.1 Å². The number of carbonyl (C=O) groups excluding carboxylic acids is 2. The molecule has 0 aromatic heterocycles. The molecule has 0 N–H and O–H groups in total. The zero-order chi connectivity index (χ0) is 32.4. The molecule has 5 heteroatoms. The second-order valence-corrected chi connectivity index (χ2v) is 15.4. The Bertz CT molecular complexity index is 658. The average molecular weight is 639 g/mol. The minimum Gasteiger partial charge on any atom is -0.349 e. The molecule has 260 valence electrons. The zero-order valence-corrected chi connectivity index (χ0v) is 31.2. The van der Waals surface area contributed by atoms with Gasteiger partial charge in [0.25, 0.3) is 0 Å². The van der Waals surface area contributed by atoms with Crippen molar-refractivity contribution in [3.63, 3.8) is 0 Å². The molecular formula is C39H77NO3P+. The Labute approximate surface area is 277 Å². The summed E-state index contributed by atoms with van der Waals surface area (Å²) in [5, 5.41) is 0. The quantitative estimate of drug-likeness (QED) is 0.0297. The molecule has 1 unspecified atom stereocenters. The van der Waals surface area contributed by atoms with Gasteiger partial charge in [-0.2, -0.15) is 0 Å². The third-order valence-electron chi connectivity index (χ3n) is 8.63. The molecule has 0 aromatic carbocycles. The van der Waals surface area contributed by atoms with Crippen molar-refractivity contribution >= 4 is 20.1 Å². The summed E-state index contributed by atoms with van der Waals surface area (Å²) >= 11 is 0. The number of nitrogens with zero attached hydrogens (tertiary/aromatic N) is 1. The van der Waals surface area contributed by atoms with Gasteiger partial charge in [-0.3, -0.25) is 9.59 Å². The molecule has 0 fully saturated rings. The van der Waals surface area contributed by atoms with E-state index in [4.69, 9.17) is 4.52 Å². The van der Waals surface area contributed by atoms with Crippen LogP contribution >= 0.6 is 8.81 Å². The van der Waals surface area contributed by atoms with Crippen LogP contribution in [0.25, 0.3) is 0 Å². The highest BCUT2D eigenvalue weighted by Crippen LogP contribution is 2.19. The second kappa shape index (κ2) is 33.8. The molecule has 0 bridgehead atoms. The van der Waals surface area contributed by atoms with Crippen molar-refractivity contribution in [3.05, 3.63) is 12.2 Å². The van der Waals surface area contributed by atoms with Crippen molar-refractivity contribution < 1.29 is 18.6 Å². The molecule has 0 saturated heterocycles. The number of ketones is 1. The lowest BCUT2D eigenvalue weighted by Gasteiger charge is -2.23. The van der Waals surface area contributed by atoms with E-state index >= 15 is 0 Å². The first-order valence-corrected chi connectivity index (χ1v) is 20.1. The second-order valence-electron chi connectivity index (χ2n) is 14.4. The van der Waals surface area contributed by atoms with Gasteiger partial charge in [0, 0.05) is 19.3 Å². The zero-order valence-electron chi connectivity index (χ0n) is 30.2. The Hall–Kier alpha value is -0.570. The van der Waals surface area contributed by atoms with Crippen LogP contribution in [-0.4, -0.2) is 50.1 Å². The van der Waals surface area contributed by atoms with Crippen LogP contribution in [0.1, 0.15) is 193 Å². The third kappa shape index (κ3) is 37.6. The molecular weight excluding hydrogens is 561 g/mol. The summed E-state index contributed by atoms with van der Waals surface area (Å²) in [6, 6.07) is 0. The number of carbonyl (C=O) groups is 2. The maximum Gasteiger partial charge on any atom is 0.178 e. The van der Waals surface area contributed by atoms with Crippen molar-refractivity contribution in [1.29, 1.82) is 0 Å². The van der Waals surface area contributed by atoms with Crippen LogP contribution in [0, 0.1) is 0 Å². The van der Waals surface area contributed by atoms with E-state index < -0.39 is 0 Å². The van der Waals surface area contributed by atoms with Gasteiger partial charge in [-0.25, -0.2) is 0 Å². The van der Waals surface area contributed by atoms with E-state index in [0.717, 1.165) is 49.6 Å². The standard InChI is InChI=1S/C39H77NO3P/c1-5-6-7-8-9-10-11-15-18-21-24-27-30-33-38(41)34-31-28-25-22-19-16-13-12-14-17-20-23-26-29-32-35-39(42)44-43-37-36-40(2,3)4/h12,14,44H,5-11,13,15-37H2,1-4H3/q+1/b14-12-. The summed E-state index contributed by atoms with van der Waals surface area (Å²) in [4.78, 5) is 24.1. The van der Waals surface area contributed by atoms with Crippen LogP contribution in [0.2, 0.25) is 0 Å². The van der Waals surface area contributed by atoms with E-state index in [2.05, 4.69) is 40.2 Å². The summed E-state index contributed by atoms with van der Waals surface area (Å²) in [6.07, 6.45) is 40.6.